The van der Waals surface area contributed by atoms with E-state index in [0.717, 1.165) is 29.9 Å². The standard InChI is InChI=1S/C17H24N2O/c1-5-7-14-8-6-9-15(10-14)17(19-18)16-11(2)12(3)20-13(16)4/h6,8-10,17,19H,5,7,18H2,1-4H3. The summed E-state index contributed by atoms with van der Waals surface area (Å²) in [6, 6.07) is 8.59. The van der Waals surface area contributed by atoms with Gasteiger partial charge in [0.25, 0.3) is 0 Å². The van der Waals surface area contributed by atoms with Crippen LogP contribution in [-0.4, -0.2) is 0 Å². The van der Waals surface area contributed by atoms with Gasteiger partial charge in [-0.15, -0.1) is 0 Å². The maximum Gasteiger partial charge on any atom is 0.106 e. The molecule has 0 aliphatic heterocycles. The molecule has 1 aromatic carbocycles. The molecule has 1 aromatic heterocycles. The number of nitrogens with one attached hydrogen (secondary N) is 1. The monoisotopic (exact) mass is 272 g/mol. The summed E-state index contributed by atoms with van der Waals surface area (Å²) in [4.78, 5) is 0. The summed E-state index contributed by atoms with van der Waals surface area (Å²) < 4.78 is 5.73. The van der Waals surface area contributed by atoms with Crippen LogP contribution in [0.15, 0.2) is 28.7 Å². The first-order valence-corrected chi connectivity index (χ1v) is 7.19. The van der Waals surface area contributed by atoms with E-state index in [1.165, 1.54) is 16.7 Å². The molecule has 20 heavy (non-hydrogen) atoms. The summed E-state index contributed by atoms with van der Waals surface area (Å²) in [5.41, 5.74) is 7.80. The van der Waals surface area contributed by atoms with Crippen molar-refractivity contribution >= 4 is 0 Å². The maximum absolute atomic E-state index is 5.82. The second-order valence-electron chi connectivity index (χ2n) is 5.35. The molecule has 0 fully saturated rings. The van der Waals surface area contributed by atoms with Gasteiger partial charge in [-0.25, -0.2) is 5.43 Å². The largest absolute Gasteiger partial charge is 0.466 e. The SMILES string of the molecule is CCCc1cccc(C(NN)c2c(C)oc(C)c2C)c1. The molecule has 1 heterocycles. The molecule has 1 atom stereocenters. The van der Waals surface area contributed by atoms with Crippen LogP contribution >= 0.6 is 0 Å². The highest BCUT2D eigenvalue weighted by Gasteiger charge is 2.21. The van der Waals surface area contributed by atoms with E-state index in [0.29, 0.717) is 0 Å². The summed E-state index contributed by atoms with van der Waals surface area (Å²) in [6.07, 6.45) is 2.24. The number of hydrogen-bond acceptors (Lipinski definition) is 3. The van der Waals surface area contributed by atoms with Crippen LogP contribution in [-0.2, 0) is 6.42 Å². The van der Waals surface area contributed by atoms with Gasteiger partial charge in [0.15, 0.2) is 0 Å². The van der Waals surface area contributed by atoms with Crippen LogP contribution in [0.2, 0.25) is 0 Å². The number of hydrazine groups is 1. The second kappa shape index (κ2) is 6.25. The van der Waals surface area contributed by atoms with E-state index in [9.17, 15) is 0 Å². The van der Waals surface area contributed by atoms with Crippen molar-refractivity contribution in [1.82, 2.24) is 5.43 Å². The van der Waals surface area contributed by atoms with Crippen LogP contribution in [0, 0.1) is 20.8 Å². The Balaban J connectivity index is 2.44. The number of rotatable bonds is 5. The normalized spacial score (nSPS) is 12.7. The van der Waals surface area contributed by atoms with Crippen molar-refractivity contribution in [3.63, 3.8) is 0 Å². The quantitative estimate of drug-likeness (QED) is 0.644. The molecule has 0 saturated carbocycles. The van der Waals surface area contributed by atoms with Gasteiger partial charge in [-0.1, -0.05) is 37.6 Å². The first-order chi connectivity index (χ1) is 9.58. The minimum atomic E-state index is -0.0238. The highest BCUT2D eigenvalue weighted by molar-refractivity contribution is 5.41. The number of furan rings is 1. The zero-order chi connectivity index (χ0) is 14.7. The fraction of sp³-hybridized carbons (Fsp3) is 0.412. The van der Waals surface area contributed by atoms with Crippen molar-refractivity contribution in [2.45, 2.75) is 46.6 Å². The molecule has 2 rings (SSSR count). The third-order valence-electron chi connectivity index (χ3n) is 3.90. The second-order valence-corrected chi connectivity index (χ2v) is 5.35. The first-order valence-electron chi connectivity index (χ1n) is 7.19. The molecule has 3 N–H and O–H groups in total. The molecule has 0 spiro atoms. The van der Waals surface area contributed by atoms with Gasteiger partial charge in [0, 0.05) is 5.56 Å². The number of aryl methyl sites for hydroxylation is 3. The first kappa shape index (κ1) is 14.8. The summed E-state index contributed by atoms with van der Waals surface area (Å²) in [7, 11) is 0. The molecule has 0 saturated heterocycles. The Bertz CT molecular complexity index is 587. The molecular weight excluding hydrogens is 248 g/mol. The van der Waals surface area contributed by atoms with Gasteiger partial charge in [0.05, 0.1) is 6.04 Å². The molecule has 0 aliphatic rings. The van der Waals surface area contributed by atoms with Crippen LogP contribution in [0.25, 0.3) is 0 Å². The van der Waals surface area contributed by atoms with E-state index in [1.807, 2.05) is 13.8 Å². The van der Waals surface area contributed by atoms with Gasteiger partial charge in [0.2, 0.25) is 0 Å². The Morgan fingerprint density at radius 1 is 1.20 bits per heavy atom. The zero-order valence-electron chi connectivity index (χ0n) is 12.8. The van der Waals surface area contributed by atoms with Crippen molar-refractivity contribution in [3.8, 4) is 0 Å². The van der Waals surface area contributed by atoms with Crippen LogP contribution in [0.3, 0.4) is 0 Å². The molecule has 108 valence electrons. The van der Waals surface area contributed by atoms with E-state index < -0.39 is 0 Å². The summed E-state index contributed by atoms with van der Waals surface area (Å²) >= 11 is 0. The molecule has 0 amide bonds. The fourth-order valence-electron chi connectivity index (χ4n) is 2.80. The lowest BCUT2D eigenvalue weighted by Gasteiger charge is -2.18. The molecule has 2 aromatic rings. The molecular formula is C17H24N2O. The van der Waals surface area contributed by atoms with E-state index >= 15 is 0 Å². The number of hydrogen-bond donors (Lipinski definition) is 2. The van der Waals surface area contributed by atoms with E-state index in [1.54, 1.807) is 0 Å². The highest BCUT2D eigenvalue weighted by atomic mass is 16.3. The van der Waals surface area contributed by atoms with Gasteiger partial charge in [-0.3, -0.25) is 5.84 Å². The van der Waals surface area contributed by atoms with Crippen LogP contribution in [0.4, 0.5) is 0 Å². The van der Waals surface area contributed by atoms with E-state index in [-0.39, 0.29) is 6.04 Å². The molecule has 0 aliphatic carbocycles. The average Bonchev–Trinajstić information content (AvgIpc) is 2.67. The predicted molar refractivity (Wildman–Crippen MR) is 82.5 cm³/mol. The zero-order valence-corrected chi connectivity index (χ0v) is 12.8. The highest BCUT2D eigenvalue weighted by Crippen LogP contribution is 2.31. The minimum Gasteiger partial charge on any atom is -0.466 e. The van der Waals surface area contributed by atoms with Gasteiger partial charge < -0.3 is 4.42 Å². The van der Waals surface area contributed by atoms with E-state index in [2.05, 4.69) is 43.5 Å². The van der Waals surface area contributed by atoms with Crippen molar-refractivity contribution in [2.24, 2.45) is 5.84 Å². The predicted octanol–water partition coefficient (Wildman–Crippen LogP) is 3.71. The van der Waals surface area contributed by atoms with Gasteiger partial charge >= 0.3 is 0 Å². The molecule has 0 bridgehead atoms. The maximum atomic E-state index is 5.82. The molecule has 3 heteroatoms. The van der Waals surface area contributed by atoms with Crippen LogP contribution in [0.5, 0.6) is 0 Å². The van der Waals surface area contributed by atoms with Crippen molar-refractivity contribution < 1.29 is 4.42 Å². The summed E-state index contributed by atoms with van der Waals surface area (Å²) in [5, 5.41) is 0. The molecule has 3 nitrogen and oxygen atoms in total. The van der Waals surface area contributed by atoms with Crippen LogP contribution in [0.1, 0.15) is 53.2 Å². The lowest BCUT2D eigenvalue weighted by atomic mass is 9.94. The van der Waals surface area contributed by atoms with Crippen LogP contribution < -0.4 is 11.3 Å². The summed E-state index contributed by atoms with van der Waals surface area (Å²) in [5.74, 6) is 7.71. The number of nitrogens with two attached hydrogens (primary N) is 1. The summed E-state index contributed by atoms with van der Waals surface area (Å²) in [6.45, 7) is 8.27. The fourth-order valence-corrected chi connectivity index (χ4v) is 2.80. The van der Waals surface area contributed by atoms with Gasteiger partial charge in [-0.05, 0) is 43.9 Å². The van der Waals surface area contributed by atoms with Crippen molar-refractivity contribution in [2.75, 3.05) is 0 Å². The smallest absolute Gasteiger partial charge is 0.106 e. The third kappa shape index (κ3) is 2.79. The van der Waals surface area contributed by atoms with Gasteiger partial charge in [0.1, 0.15) is 11.5 Å². The Morgan fingerprint density at radius 2 is 1.95 bits per heavy atom. The van der Waals surface area contributed by atoms with Crippen molar-refractivity contribution in [3.05, 3.63) is 58.0 Å². The topological polar surface area (TPSA) is 51.2 Å². The average molecular weight is 272 g/mol. The van der Waals surface area contributed by atoms with E-state index in [4.69, 9.17) is 10.3 Å². The van der Waals surface area contributed by atoms with Gasteiger partial charge in [-0.2, -0.15) is 0 Å². The number of benzene rings is 1. The molecule has 0 radical (unpaired) electrons. The Hall–Kier alpha value is -1.58. The third-order valence-corrected chi connectivity index (χ3v) is 3.90. The Kier molecular flexibility index (Phi) is 4.63. The van der Waals surface area contributed by atoms with Crippen molar-refractivity contribution in [1.29, 1.82) is 0 Å². The minimum absolute atomic E-state index is 0.0238. The lowest BCUT2D eigenvalue weighted by molar-refractivity contribution is 0.494. The Labute approximate surface area is 121 Å². The lowest BCUT2D eigenvalue weighted by Crippen LogP contribution is -2.29. The molecule has 1 unspecified atom stereocenters. The Morgan fingerprint density at radius 3 is 2.50 bits per heavy atom.